The number of aliphatic imine (C=N–C) groups is 1. The van der Waals surface area contributed by atoms with Gasteiger partial charge in [0.2, 0.25) is 0 Å². The number of nitrogens with one attached hydrogen (secondary N) is 1. The van der Waals surface area contributed by atoms with Gasteiger partial charge in [0, 0.05) is 42.4 Å². The Bertz CT molecular complexity index is 595. The van der Waals surface area contributed by atoms with Crippen molar-refractivity contribution in [2.45, 2.75) is 31.2 Å². The first kappa shape index (κ1) is 23.3. The normalized spacial score (nSPS) is 17.9. The molecule has 2 rings (SSSR count). The van der Waals surface area contributed by atoms with Crippen LogP contribution in [0.3, 0.4) is 0 Å². The number of nitrogens with two attached hydrogens (primary N) is 1. The maximum absolute atomic E-state index is 6.25. The van der Waals surface area contributed by atoms with E-state index in [0.29, 0.717) is 37.3 Å². The van der Waals surface area contributed by atoms with Crippen LogP contribution in [0.4, 0.5) is 0 Å². The minimum absolute atomic E-state index is 0. The predicted molar refractivity (Wildman–Crippen MR) is 116 cm³/mol. The molecule has 1 saturated heterocycles. The maximum atomic E-state index is 6.25. The largest absolute Gasteiger partial charge is 0.496 e. The third-order valence-electron chi connectivity index (χ3n) is 4.55. The van der Waals surface area contributed by atoms with Crippen LogP contribution in [0, 0.1) is 0 Å². The van der Waals surface area contributed by atoms with Crippen LogP contribution >= 0.6 is 35.6 Å². The summed E-state index contributed by atoms with van der Waals surface area (Å²) < 4.78 is 16.2. The van der Waals surface area contributed by atoms with Crippen molar-refractivity contribution in [1.29, 1.82) is 0 Å². The number of ether oxygens (including phenoxy) is 3. The molecule has 0 radical (unpaired) electrons. The van der Waals surface area contributed by atoms with Crippen molar-refractivity contribution < 1.29 is 14.2 Å². The molecule has 3 N–H and O–H groups in total. The molecule has 1 unspecified atom stereocenters. The van der Waals surface area contributed by atoms with Crippen molar-refractivity contribution in [2.75, 3.05) is 40.6 Å². The number of nitrogens with zero attached hydrogens (tertiary/aromatic N) is 1. The van der Waals surface area contributed by atoms with Gasteiger partial charge in [0.05, 0.1) is 20.3 Å². The van der Waals surface area contributed by atoms with Crippen LogP contribution in [-0.2, 0) is 14.9 Å². The smallest absolute Gasteiger partial charge is 0.188 e. The van der Waals surface area contributed by atoms with E-state index in [9.17, 15) is 0 Å². The number of halogens is 2. The Morgan fingerprint density at radius 1 is 1.38 bits per heavy atom. The number of hydrogen-bond acceptors (Lipinski definition) is 4. The fourth-order valence-electron chi connectivity index (χ4n) is 3.20. The molecule has 1 aromatic rings. The van der Waals surface area contributed by atoms with Gasteiger partial charge in [0.25, 0.3) is 0 Å². The Balaban J connectivity index is 0.00000338. The summed E-state index contributed by atoms with van der Waals surface area (Å²) in [6.45, 7) is 4.47. The average Bonchev–Trinajstić information content (AvgIpc) is 2.61. The van der Waals surface area contributed by atoms with E-state index >= 15 is 0 Å². The molecule has 1 fully saturated rings. The van der Waals surface area contributed by atoms with Gasteiger partial charge in [-0.15, -0.1) is 24.0 Å². The summed E-state index contributed by atoms with van der Waals surface area (Å²) in [5.74, 6) is 1.23. The lowest BCUT2D eigenvalue weighted by Gasteiger charge is -2.37. The molecular weight excluding hydrogens is 469 g/mol. The molecule has 0 spiro atoms. The second-order valence-electron chi connectivity index (χ2n) is 6.44. The van der Waals surface area contributed by atoms with Gasteiger partial charge in [-0.1, -0.05) is 11.6 Å². The molecule has 0 amide bonds. The highest BCUT2D eigenvalue weighted by molar-refractivity contribution is 14.0. The van der Waals surface area contributed by atoms with Gasteiger partial charge in [-0.05, 0) is 38.0 Å². The van der Waals surface area contributed by atoms with Crippen molar-refractivity contribution in [3.63, 3.8) is 0 Å². The monoisotopic (exact) mass is 497 g/mol. The molecule has 6 nitrogen and oxygen atoms in total. The molecule has 1 aromatic carbocycles. The second-order valence-corrected chi connectivity index (χ2v) is 6.88. The van der Waals surface area contributed by atoms with Crippen molar-refractivity contribution in [2.24, 2.45) is 10.7 Å². The van der Waals surface area contributed by atoms with Crippen molar-refractivity contribution >= 4 is 41.5 Å². The van der Waals surface area contributed by atoms with Crippen molar-refractivity contribution in [3.05, 3.63) is 28.8 Å². The van der Waals surface area contributed by atoms with E-state index in [-0.39, 0.29) is 35.4 Å². The molecule has 0 bridgehead atoms. The van der Waals surface area contributed by atoms with Crippen molar-refractivity contribution in [3.8, 4) is 5.75 Å². The summed E-state index contributed by atoms with van der Waals surface area (Å²) in [4.78, 5) is 4.60. The van der Waals surface area contributed by atoms with E-state index in [4.69, 9.17) is 31.5 Å². The highest BCUT2D eigenvalue weighted by Gasteiger charge is 2.37. The molecule has 148 valence electrons. The number of hydrogen-bond donors (Lipinski definition) is 2. The molecule has 8 heteroatoms. The van der Waals surface area contributed by atoms with E-state index in [2.05, 4.69) is 10.3 Å². The maximum Gasteiger partial charge on any atom is 0.188 e. The van der Waals surface area contributed by atoms with Gasteiger partial charge in [-0.3, -0.25) is 4.99 Å². The Labute approximate surface area is 177 Å². The lowest BCUT2D eigenvalue weighted by atomic mass is 9.73. The van der Waals surface area contributed by atoms with Gasteiger partial charge in [-0.25, -0.2) is 0 Å². The van der Waals surface area contributed by atoms with E-state index in [1.54, 1.807) is 14.2 Å². The Hall–Kier alpha value is -0.770. The Morgan fingerprint density at radius 2 is 2.08 bits per heavy atom. The van der Waals surface area contributed by atoms with Crippen LogP contribution in [0.5, 0.6) is 5.75 Å². The highest BCUT2D eigenvalue weighted by atomic mass is 127. The molecule has 26 heavy (non-hydrogen) atoms. The number of rotatable bonds is 7. The van der Waals surface area contributed by atoms with Gasteiger partial charge >= 0.3 is 0 Å². The summed E-state index contributed by atoms with van der Waals surface area (Å²) in [7, 11) is 3.33. The first-order valence-corrected chi connectivity index (χ1v) is 8.86. The van der Waals surface area contributed by atoms with E-state index in [1.165, 1.54) is 0 Å². The summed E-state index contributed by atoms with van der Waals surface area (Å²) in [6.07, 6.45) is 1.68. The van der Waals surface area contributed by atoms with Crippen molar-refractivity contribution in [1.82, 2.24) is 5.32 Å². The molecule has 1 aliphatic rings. The Morgan fingerprint density at radius 3 is 2.69 bits per heavy atom. The van der Waals surface area contributed by atoms with Gasteiger partial charge in [0.15, 0.2) is 5.96 Å². The third-order valence-corrected chi connectivity index (χ3v) is 4.78. The second kappa shape index (κ2) is 11.2. The van der Waals surface area contributed by atoms with Gasteiger partial charge < -0.3 is 25.3 Å². The molecule has 1 aliphatic heterocycles. The average molecular weight is 498 g/mol. The minimum Gasteiger partial charge on any atom is -0.496 e. The third kappa shape index (κ3) is 6.14. The van der Waals surface area contributed by atoms with Crippen LogP contribution in [-0.4, -0.2) is 52.6 Å². The van der Waals surface area contributed by atoms with Crippen LogP contribution in [0.15, 0.2) is 23.2 Å². The highest BCUT2D eigenvalue weighted by Crippen LogP contribution is 2.41. The summed E-state index contributed by atoms with van der Waals surface area (Å²) in [5.41, 5.74) is 6.91. The molecule has 0 aromatic heterocycles. The van der Waals surface area contributed by atoms with Crippen LogP contribution < -0.4 is 15.8 Å². The van der Waals surface area contributed by atoms with Gasteiger partial charge in [0.1, 0.15) is 5.75 Å². The predicted octanol–water partition coefficient (Wildman–Crippen LogP) is 2.95. The molecular formula is C18H29ClIN3O3. The lowest BCUT2D eigenvalue weighted by Crippen LogP contribution is -2.43. The zero-order valence-electron chi connectivity index (χ0n) is 15.6. The van der Waals surface area contributed by atoms with E-state index in [0.717, 1.165) is 24.2 Å². The molecule has 0 saturated carbocycles. The Kier molecular flexibility index (Phi) is 9.99. The summed E-state index contributed by atoms with van der Waals surface area (Å²) >= 11 is 6.25. The standard InChI is InChI=1S/C18H28ClN3O3.HI/c1-13(11-23-2)22-17(20)21-12-18(6-8-25-9-7-18)15-10-14(19)4-5-16(15)24-3;/h4-5,10,13H,6-9,11-12H2,1-3H3,(H3,20,21,22);1H. The fraction of sp³-hybridized carbons (Fsp3) is 0.611. The number of benzene rings is 1. The summed E-state index contributed by atoms with van der Waals surface area (Å²) in [6, 6.07) is 5.81. The van der Waals surface area contributed by atoms with Gasteiger partial charge in [-0.2, -0.15) is 0 Å². The molecule has 1 heterocycles. The van der Waals surface area contributed by atoms with Crippen LogP contribution in [0.25, 0.3) is 0 Å². The van der Waals surface area contributed by atoms with Crippen LogP contribution in [0.1, 0.15) is 25.3 Å². The van der Waals surface area contributed by atoms with Crippen LogP contribution in [0.2, 0.25) is 5.02 Å². The lowest BCUT2D eigenvalue weighted by molar-refractivity contribution is 0.0523. The first-order chi connectivity index (χ1) is 12.0. The zero-order chi connectivity index (χ0) is 18.3. The molecule has 1 atom stereocenters. The first-order valence-electron chi connectivity index (χ1n) is 8.48. The quantitative estimate of drug-likeness (QED) is 0.344. The fourth-order valence-corrected chi connectivity index (χ4v) is 3.37. The SMILES string of the molecule is COCC(C)NC(N)=NCC1(c2cc(Cl)ccc2OC)CCOCC1.I. The van der Waals surface area contributed by atoms with E-state index in [1.807, 2.05) is 25.1 Å². The zero-order valence-corrected chi connectivity index (χ0v) is 18.7. The molecule has 0 aliphatic carbocycles. The topological polar surface area (TPSA) is 78.1 Å². The minimum atomic E-state index is -0.203. The number of methoxy groups -OCH3 is 2. The van der Waals surface area contributed by atoms with E-state index < -0.39 is 0 Å². The summed E-state index contributed by atoms with van der Waals surface area (Å²) in [5, 5.41) is 3.83. The number of guanidine groups is 1.